The third kappa shape index (κ3) is 3.26. The summed E-state index contributed by atoms with van der Waals surface area (Å²) in [6.45, 7) is 0. The second kappa shape index (κ2) is 5.46. The van der Waals surface area contributed by atoms with Crippen molar-refractivity contribution in [2.45, 2.75) is 0 Å². The summed E-state index contributed by atoms with van der Waals surface area (Å²) in [7, 11) is 0. The van der Waals surface area contributed by atoms with Gasteiger partial charge in [0.1, 0.15) is 0 Å². The number of rotatable bonds is 2. The molecule has 0 aliphatic heterocycles. The zero-order chi connectivity index (χ0) is 12.4. The molecule has 0 saturated heterocycles. The summed E-state index contributed by atoms with van der Waals surface area (Å²) in [6, 6.07) is 11.5. The molecular formula is C12H9BrClIN2. The summed E-state index contributed by atoms with van der Waals surface area (Å²) in [5.41, 5.74) is 8.32. The van der Waals surface area contributed by atoms with Crippen LogP contribution in [0.2, 0.25) is 5.02 Å². The van der Waals surface area contributed by atoms with Crippen LogP contribution in [0.25, 0.3) is 0 Å². The van der Waals surface area contributed by atoms with E-state index < -0.39 is 0 Å². The predicted octanol–water partition coefficient (Wildman–Crippen LogP) is 5.03. The molecule has 0 atom stereocenters. The maximum Gasteiger partial charge on any atom is 0.0641 e. The average molecular weight is 423 g/mol. The molecule has 0 radical (unpaired) electrons. The van der Waals surface area contributed by atoms with Crippen LogP contribution >= 0.6 is 50.1 Å². The van der Waals surface area contributed by atoms with Crippen LogP contribution in [0.1, 0.15) is 0 Å². The van der Waals surface area contributed by atoms with Crippen LogP contribution in [-0.2, 0) is 0 Å². The summed E-state index contributed by atoms with van der Waals surface area (Å²) < 4.78 is 2.07. The molecule has 0 saturated carbocycles. The molecule has 0 aromatic heterocycles. The first-order chi connectivity index (χ1) is 8.06. The van der Waals surface area contributed by atoms with Gasteiger partial charge in [-0.05, 0) is 59.0 Å². The molecule has 0 amide bonds. The monoisotopic (exact) mass is 422 g/mol. The Balaban J connectivity index is 2.34. The minimum absolute atomic E-state index is 0.658. The minimum atomic E-state index is 0.658. The normalized spacial score (nSPS) is 10.3. The van der Waals surface area contributed by atoms with Crippen molar-refractivity contribution in [3.8, 4) is 0 Å². The third-order valence-corrected chi connectivity index (χ3v) is 3.71. The highest BCUT2D eigenvalue weighted by atomic mass is 127. The summed E-state index contributed by atoms with van der Waals surface area (Å²) in [5, 5.41) is 3.88. The lowest BCUT2D eigenvalue weighted by Crippen LogP contribution is -1.97. The van der Waals surface area contributed by atoms with Gasteiger partial charge < -0.3 is 11.1 Å². The Bertz CT molecular complexity index is 560. The van der Waals surface area contributed by atoms with Gasteiger partial charge >= 0.3 is 0 Å². The van der Waals surface area contributed by atoms with E-state index in [9.17, 15) is 0 Å². The van der Waals surface area contributed by atoms with Crippen molar-refractivity contribution < 1.29 is 0 Å². The van der Waals surface area contributed by atoms with Gasteiger partial charge in [-0.25, -0.2) is 0 Å². The van der Waals surface area contributed by atoms with Crippen LogP contribution < -0.4 is 11.1 Å². The molecule has 3 N–H and O–H groups in total. The Labute approximate surface area is 127 Å². The Kier molecular flexibility index (Phi) is 4.17. The van der Waals surface area contributed by atoms with E-state index in [1.54, 1.807) is 0 Å². The van der Waals surface area contributed by atoms with Crippen molar-refractivity contribution in [3.05, 3.63) is 49.5 Å². The van der Waals surface area contributed by atoms with Crippen LogP contribution in [0.3, 0.4) is 0 Å². The highest BCUT2D eigenvalue weighted by molar-refractivity contribution is 14.1. The van der Waals surface area contributed by atoms with E-state index in [0.717, 1.165) is 19.4 Å². The molecule has 5 heteroatoms. The van der Waals surface area contributed by atoms with Gasteiger partial charge in [0.15, 0.2) is 0 Å². The van der Waals surface area contributed by atoms with Crippen LogP contribution in [0, 0.1) is 3.57 Å². The first-order valence-corrected chi connectivity index (χ1v) is 7.08. The van der Waals surface area contributed by atoms with Gasteiger partial charge in [0.05, 0.1) is 22.1 Å². The number of anilines is 3. The average Bonchev–Trinajstić information content (AvgIpc) is 2.27. The van der Waals surface area contributed by atoms with Crippen molar-refractivity contribution >= 4 is 67.2 Å². The zero-order valence-electron chi connectivity index (χ0n) is 8.68. The summed E-state index contributed by atoms with van der Waals surface area (Å²) in [6.07, 6.45) is 0. The predicted molar refractivity (Wildman–Crippen MR) is 86.0 cm³/mol. The van der Waals surface area contributed by atoms with Gasteiger partial charge in [-0.15, -0.1) is 0 Å². The van der Waals surface area contributed by atoms with Crippen LogP contribution in [-0.4, -0.2) is 0 Å². The largest absolute Gasteiger partial charge is 0.397 e. The number of halogens is 3. The lowest BCUT2D eigenvalue weighted by molar-refractivity contribution is 1.52. The van der Waals surface area contributed by atoms with Gasteiger partial charge in [-0.2, -0.15) is 0 Å². The zero-order valence-corrected chi connectivity index (χ0v) is 13.2. The van der Waals surface area contributed by atoms with Gasteiger partial charge in [0.25, 0.3) is 0 Å². The van der Waals surface area contributed by atoms with Crippen molar-refractivity contribution in [1.29, 1.82) is 0 Å². The topological polar surface area (TPSA) is 38.0 Å². The maximum absolute atomic E-state index is 6.10. The highest BCUT2D eigenvalue weighted by Gasteiger charge is 2.04. The van der Waals surface area contributed by atoms with Gasteiger partial charge in [-0.1, -0.05) is 27.5 Å². The van der Waals surface area contributed by atoms with E-state index >= 15 is 0 Å². The van der Waals surface area contributed by atoms with Crippen LogP contribution in [0.5, 0.6) is 0 Å². The summed E-state index contributed by atoms with van der Waals surface area (Å²) in [4.78, 5) is 0. The van der Waals surface area contributed by atoms with Crippen molar-refractivity contribution in [1.82, 2.24) is 0 Å². The highest BCUT2D eigenvalue weighted by Crippen LogP contribution is 2.31. The first kappa shape index (κ1) is 13.0. The number of nitrogens with one attached hydrogen (secondary N) is 1. The SMILES string of the molecule is Nc1cc(I)ccc1Nc1cc(Br)ccc1Cl. The second-order valence-electron chi connectivity index (χ2n) is 3.48. The fraction of sp³-hybridized carbons (Fsp3) is 0. The number of hydrogen-bond acceptors (Lipinski definition) is 2. The molecule has 0 aliphatic rings. The van der Waals surface area contributed by atoms with Crippen molar-refractivity contribution in [3.63, 3.8) is 0 Å². The van der Waals surface area contributed by atoms with Crippen molar-refractivity contribution in [2.75, 3.05) is 11.1 Å². The molecule has 0 fully saturated rings. The van der Waals surface area contributed by atoms with Gasteiger partial charge in [0.2, 0.25) is 0 Å². The lowest BCUT2D eigenvalue weighted by atomic mass is 10.2. The maximum atomic E-state index is 6.10. The van der Waals surface area contributed by atoms with Gasteiger partial charge in [0, 0.05) is 8.04 Å². The number of benzene rings is 2. The first-order valence-electron chi connectivity index (χ1n) is 4.83. The Morgan fingerprint density at radius 2 is 1.88 bits per heavy atom. The van der Waals surface area contributed by atoms with Crippen molar-refractivity contribution in [2.24, 2.45) is 0 Å². The number of nitrogens with two attached hydrogens (primary N) is 1. The fourth-order valence-electron chi connectivity index (χ4n) is 1.39. The Morgan fingerprint density at radius 1 is 1.12 bits per heavy atom. The number of hydrogen-bond donors (Lipinski definition) is 2. The lowest BCUT2D eigenvalue weighted by Gasteiger charge is -2.11. The molecule has 2 nitrogen and oxygen atoms in total. The standard InChI is InChI=1S/C12H9BrClIN2/c13-7-1-3-9(14)12(5-7)17-11-4-2-8(15)6-10(11)16/h1-6,17H,16H2. The molecule has 2 rings (SSSR count). The molecule has 17 heavy (non-hydrogen) atoms. The summed E-state index contributed by atoms with van der Waals surface area (Å²) >= 11 is 11.7. The molecule has 0 bridgehead atoms. The van der Waals surface area contributed by atoms with E-state index in [2.05, 4.69) is 43.8 Å². The molecule has 2 aromatic rings. The Hall–Kier alpha value is -0.460. The molecule has 2 aromatic carbocycles. The second-order valence-corrected chi connectivity index (χ2v) is 6.05. The number of nitrogen functional groups attached to an aromatic ring is 1. The molecular weight excluding hydrogens is 414 g/mol. The van der Waals surface area contributed by atoms with E-state index in [0.29, 0.717) is 10.7 Å². The quantitative estimate of drug-likeness (QED) is 0.525. The molecule has 0 spiro atoms. The van der Waals surface area contributed by atoms with E-state index in [1.165, 1.54) is 0 Å². The molecule has 0 heterocycles. The molecule has 0 unspecified atom stereocenters. The fourth-order valence-corrected chi connectivity index (χ4v) is 2.43. The van der Waals surface area contributed by atoms with Crippen LogP contribution in [0.4, 0.5) is 17.1 Å². The van der Waals surface area contributed by atoms with Gasteiger partial charge in [-0.3, -0.25) is 0 Å². The molecule has 0 aliphatic carbocycles. The van der Waals surface area contributed by atoms with Crippen LogP contribution in [0.15, 0.2) is 40.9 Å². The van der Waals surface area contributed by atoms with E-state index in [-0.39, 0.29) is 0 Å². The Morgan fingerprint density at radius 3 is 2.59 bits per heavy atom. The molecule has 88 valence electrons. The van der Waals surface area contributed by atoms with E-state index in [1.807, 2.05) is 36.4 Å². The third-order valence-electron chi connectivity index (χ3n) is 2.21. The van der Waals surface area contributed by atoms with E-state index in [4.69, 9.17) is 17.3 Å². The minimum Gasteiger partial charge on any atom is -0.397 e. The summed E-state index contributed by atoms with van der Waals surface area (Å²) in [5.74, 6) is 0. The smallest absolute Gasteiger partial charge is 0.0641 e.